The molecule has 0 saturated heterocycles. The van der Waals surface area contributed by atoms with Gasteiger partial charge in [-0.1, -0.05) is 96.8 Å². The first-order valence-corrected chi connectivity index (χ1v) is 11.9. The number of nitrogens with zero attached hydrogens (tertiary/aromatic N) is 1. The average Bonchev–Trinajstić information content (AvgIpc) is 2.53. The van der Waals surface area contributed by atoms with Crippen LogP contribution in [0.5, 0.6) is 0 Å². The van der Waals surface area contributed by atoms with Gasteiger partial charge in [-0.05, 0) is 12.8 Å². The molecule has 0 heterocycles. The second kappa shape index (κ2) is 21.5. The monoisotopic (exact) mass is 395 g/mol. The molecule has 5 nitrogen and oxygen atoms in total. The lowest BCUT2D eigenvalue weighted by Crippen LogP contribution is -2.32. The Kier molecular flexibility index (Phi) is 23.5. The van der Waals surface area contributed by atoms with E-state index in [0.717, 1.165) is 13.0 Å². The van der Waals surface area contributed by atoms with Crippen LogP contribution in [0.15, 0.2) is 0 Å². The number of hydroxylamine groups is 3. The summed E-state index contributed by atoms with van der Waals surface area (Å²) in [4.78, 5) is 21.7. The van der Waals surface area contributed by atoms with Crippen LogP contribution in [-0.4, -0.2) is 40.0 Å². The Labute approximate surface area is 164 Å². The zero-order chi connectivity index (χ0) is 20.1. The predicted octanol–water partition coefficient (Wildman–Crippen LogP) is 6.01. The second-order valence-electron chi connectivity index (χ2n) is 7.87. The van der Waals surface area contributed by atoms with Crippen molar-refractivity contribution >= 4 is 8.60 Å². The first-order valence-electron chi connectivity index (χ1n) is 10.7. The summed E-state index contributed by atoms with van der Waals surface area (Å²) in [5.41, 5.74) is 0. The van der Waals surface area contributed by atoms with Crippen molar-refractivity contribution in [2.24, 2.45) is 0 Å². The SMILES string of the molecule is CCCCCCCCCCCCCCCCCC[N+](C)(C)[O-].OP(O)O. The molecule has 3 N–H and O–H groups in total. The first kappa shape index (κ1) is 28.4. The van der Waals surface area contributed by atoms with Gasteiger partial charge in [-0.2, -0.15) is 0 Å². The van der Waals surface area contributed by atoms with Gasteiger partial charge in [-0.3, -0.25) is 0 Å². The van der Waals surface area contributed by atoms with Crippen LogP contribution in [0.4, 0.5) is 0 Å². The van der Waals surface area contributed by atoms with Crippen molar-refractivity contribution < 1.29 is 19.3 Å². The molecule has 0 aromatic heterocycles. The van der Waals surface area contributed by atoms with E-state index in [1.807, 2.05) is 0 Å². The third kappa shape index (κ3) is 35.4. The van der Waals surface area contributed by atoms with Crippen LogP contribution in [0.1, 0.15) is 110 Å². The Hall–Kier alpha value is 0.230. The minimum Gasteiger partial charge on any atom is -0.633 e. The van der Waals surface area contributed by atoms with Gasteiger partial charge in [-0.25, -0.2) is 0 Å². The molecule has 160 valence electrons. The van der Waals surface area contributed by atoms with Gasteiger partial charge in [-0.15, -0.1) is 0 Å². The van der Waals surface area contributed by atoms with Gasteiger partial charge in [0.05, 0.1) is 20.6 Å². The minimum atomic E-state index is -2.62. The van der Waals surface area contributed by atoms with Crippen LogP contribution in [0.3, 0.4) is 0 Å². The molecule has 6 heteroatoms. The summed E-state index contributed by atoms with van der Waals surface area (Å²) in [6, 6.07) is 0. The Bertz CT molecular complexity index is 258. The molecule has 0 aliphatic carbocycles. The lowest BCUT2D eigenvalue weighted by atomic mass is 10.0. The lowest BCUT2D eigenvalue weighted by Gasteiger charge is -2.33. The molecule has 0 atom stereocenters. The van der Waals surface area contributed by atoms with Crippen molar-refractivity contribution in [3.8, 4) is 0 Å². The quantitative estimate of drug-likeness (QED) is 0.122. The molecule has 0 bridgehead atoms. The third-order valence-corrected chi connectivity index (χ3v) is 4.55. The summed E-state index contributed by atoms with van der Waals surface area (Å²) in [5, 5.41) is 11.4. The van der Waals surface area contributed by atoms with Crippen LogP contribution in [0.2, 0.25) is 0 Å². The van der Waals surface area contributed by atoms with E-state index < -0.39 is 8.60 Å². The smallest absolute Gasteiger partial charge is 0.324 e. The Morgan fingerprint density at radius 3 is 1.04 bits per heavy atom. The van der Waals surface area contributed by atoms with Gasteiger partial charge in [0, 0.05) is 0 Å². The summed E-state index contributed by atoms with van der Waals surface area (Å²) >= 11 is 0. The topological polar surface area (TPSA) is 83.8 Å². The summed E-state index contributed by atoms with van der Waals surface area (Å²) in [5.74, 6) is 0. The van der Waals surface area contributed by atoms with E-state index in [9.17, 15) is 5.21 Å². The van der Waals surface area contributed by atoms with Crippen molar-refractivity contribution in [3.05, 3.63) is 5.21 Å². The van der Waals surface area contributed by atoms with E-state index in [4.69, 9.17) is 14.7 Å². The van der Waals surface area contributed by atoms with Crippen molar-refractivity contribution in [1.29, 1.82) is 0 Å². The molecule has 0 aromatic rings. The fourth-order valence-corrected chi connectivity index (χ4v) is 3.04. The van der Waals surface area contributed by atoms with Crippen molar-refractivity contribution in [2.75, 3.05) is 20.6 Å². The predicted molar refractivity (Wildman–Crippen MR) is 113 cm³/mol. The van der Waals surface area contributed by atoms with E-state index in [-0.39, 0.29) is 4.65 Å². The van der Waals surface area contributed by atoms with E-state index in [1.165, 1.54) is 96.3 Å². The molecule has 0 radical (unpaired) electrons. The highest BCUT2D eigenvalue weighted by Crippen LogP contribution is 2.14. The zero-order valence-electron chi connectivity index (χ0n) is 17.7. The molecule has 0 aliphatic rings. The summed E-state index contributed by atoms with van der Waals surface area (Å²) in [6.07, 6.45) is 22.2. The molecule has 0 aliphatic heterocycles. The van der Waals surface area contributed by atoms with E-state index in [0.29, 0.717) is 0 Å². The van der Waals surface area contributed by atoms with Gasteiger partial charge in [0.1, 0.15) is 0 Å². The van der Waals surface area contributed by atoms with Gasteiger partial charge in [0.15, 0.2) is 0 Å². The molecule has 0 aromatic carbocycles. The van der Waals surface area contributed by atoms with Crippen LogP contribution in [-0.2, 0) is 0 Å². The minimum absolute atomic E-state index is 0.126. The van der Waals surface area contributed by atoms with E-state index >= 15 is 0 Å². The van der Waals surface area contributed by atoms with Crippen LogP contribution >= 0.6 is 8.60 Å². The second-order valence-corrected chi connectivity index (χ2v) is 8.41. The van der Waals surface area contributed by atoms with Gasteiger partial charge in [0.25, 0.3) is 0 Å². The Morgan fingerprint density at radius 1 is 0.577 bits per heavy atom. The van der Waals surface area contributed by atoms with Crippen LogP contribution in [0, 0.1) is 5.21 Å². The maximum absolute atomic E-state index is 11.4. The van der Waals surface area contributed by atoms with Crippen molar-refractivity contribution in [3.63, 3.8) is 0 Å². The standard InChI is InChI=1S/C20H43NO.H3O3P/c1-4-5-6-7-8-9-10-11-12-13-14-15-16-17-18-19-20-21(2,3)22;1-4(2)3/h4-20H2,1-3H3;1-3H. The van der Waals surface area contributed by atoms with Gasteiger partial charge in [0.2, 0.25) is 0 Å². The molecule has 0 spiro atoms. The largest absolute Gasteiger partial charge is 0.633 e. The molecule has 0 unspecified atom stereocenters. The fourth-order valence-electron chi connectivity index (χ4n) is 3.04. The third-order valence-electron chi connectivity index (χ3n) is 4.55. The summed E-state index contributed by atoms with van der Waals surface area (Å²) in [6.45, 7) is 3.06. The van der Waals surface area contributed by atoms with E-state index in [2.05, 4.69) is 6.92 Å². The highest BCUT2D eigenvalue weighted by molar-refractivity contribution is 7.38. The number of rotatable bonds is 17. The lowest BCUT2D eigenvalue weighted by molar-refractivity contribution is -0.840. The molecule has 0 saturated carbocycles. The Balaban J connectivity index is 0. The van der Waals surface area contributed by atoms with Gasteiger partial charge < -0.3 is 24.5 Å². The zero-order valence-corrected chi connectivity index (χ0v) is 18.6. The maximum atomic E-state index is 11.4. The highest BCUT2D eigenvalue weighted by Gasteiger charge is 2.00. The van der Waals surface area contributed by atoms with Crippen LogP contribution in [0.25, 0.3) is 0 Å². The number of quaternary nitrogens is 1. The average molecular weight is 396 g/mol. The van der Waals surface area contributed by atoms with Crippen molar-refractivity contribution in [1.82, 2.24) is 0 Å². The van der Waals surface area contributed by atoms with Crippen LogP contribution < -0.4 is 0 Å². The number of hydrogen-bond donors (Lipinski definition) is 3. The molecule has 0 fully saturated rings. The number of hydrogen-bond acceptors (Lipinski definition) is 4. The number of unbranched alkanes of at least 4 members (excludes halogenated alkanes) is 15. The molecular weight excluding hydrogens is 349 g/mol. The molecule has 26 heavy (non-hydrogen) atoms. The summed E-state index contributed by atoms with van der Waals surface area (Å²) in [7, 11) is 0.862. The molecular formula is C20H46NO4P. The summed E-state index contributed by atoms with van der Waals surface area (Å²) < 4.78 is -0.126. The van der Waals surface area contributed by atoms with Crippen molar-refractivity contribution in [2.45, 2.75) is 110 Å². The maximum Gasteiger partial charge on any atom is 0.324 e. The normalized spacial score (nSPS) is 11.5. The highest BCUT2D eigenvalue weighted by atomic mass is 31.2. The van der Waals surface area contributed by atoms with Gasteiger partial charge >= 0.3 is 8.60 Å². The molecule has 0 amide bonds. The Morgan fingerprint density at radius 2 is 0.808 bits per heavy atom. The fraction of sp³-hybridized carbons (Fsp3) is 1.00. The molecule has 0 rings (SSSR count). The first-order chi connectivity index (χ1) is 12.3. The van der Waals surface area contributed by atoms with E-state index in [1.54, 1.807) is 14.1 Å².